The highest BCUT2D eigenvalue weighted by Gasteiger charge is 2.66. The molecular formula is C20H30O3. The predicted molar refractivity (Wildman–Crippen MR) is 88.8 cm³/mol. The third-order valence-corrected chi connectivity index (χ3v) is 8.57. The van der Waals surface area contributed by atoms with Crippen molar-refractivity contribution in [3.8, 4) is 0 Å². The molecule has 2 N–H and O–H groups in total. The van der Waals surface area contributed by atoms with Crippen LogP contribution < -0.4 is 0 Å². The molecule has 3 saturated carbocycles. The van der Waals surface area contributed by atoms with Gasteiger partial charge in [-0.15, -0.1) is 0 Å². The molecule has 0 aromatic rings. The van der Waals surface area contributed by atoms with Gasteiger partial charge >= 0.3 is 5.97 Å². The number of aliphatic carboxylic acids is 1. The molecule has 2 bridgehead atoms. The summed E-state index contributed by atoms with van der Waals surface area (Å²) in [5, 5.41) is 20.4. The van der Waals surface area contributed by atoms with Gasteiger partial charge in [0.2, 0.25) is 0 Å². The Balaban J connectivity index is 1.77. The molecule has 0 aliphatic heterocycles. The van der Waals surface area contributed by atoms with Crippen molar-refractivity contribution in [1.29, 1.82) is 0 Å². The third-order valence-electron chi connectivity index (χ3n) is 8.57. The van der Waals surface area contributed by atoms with E-state index < -0.39 is 17.5 Å². The van der Waals surface area contributed by atoms with Gasteiger partial charge in [-0.05, 0) is 80.0 Å². The number of aliphatic hydroxyl groups is 1. The standard InChI is InChI=1S/C20H30O3/c1-17-7-4-14-18(2)8-6-15(21)19(3,16(22)23)13(18)5-9-20(14,12-17)11-10-17/h10-11,13-15,21H,4-9,12H2,1-3H3,(H,22,23)/t13-,14+,15+,17+,18+,19-,20-/m0/s1. The molecule has 128 valence electrons. The summed E-state index contributed by atoms with van der Waals surface area (Å²) in [5.41, 5.74) is -0.289. The number of carboxylic acid groups (broad SMARTS) is 1. The first kappa shape index (κ1) is 15.7. The maximum absolute atomic E-state index is 12.1. The Morgan fingerprint density at radius 2 is 1.70 bits per heavy atom. The minimum atomic E-state index is -0.988. The summed E-state index contributed by atoms with van der Waals surface area (Å²) < 4.78 is 0. The lowest BCUT2D eigenvalue weighted by Gasteiger charge is -2.64. The van der Waals surface area contributed by atoms with Gasteiger partial charge in [0.1, 0.15) is 0 Å². The second kappa shape index (κ2) is 4.41. The summed E-state index contributed by atoms with van der Waals surface area (Å²) in [6.07, 6.45) is 11.6. The summed E-state index contributed by atoms with van der Waals surface area (Å²) in [4.78, 5) is 12.1. The predicted octanol–water partition coefficient (Wildman–Crippen LogP) is 4.01. The number of hydrogen-bond acceptors (Lipinski definition) is 2. The van der Waals surface area contributed by atoms with Gasteiger partial charge in [-0.25, -0.2) is 0 Å². The SMILES string of the molecule is C[C@]12C=C[C@@]3(CC[C@H]4[C@@](C)(CC[C@@H](O)[C@@]4(C)C(=O)O)[C@H]3CC1)C2. The zero-order valence-corrected chi connectivity index (χ0v) is 14.6. The van der Waals surface area contributed by atoms with Crippen LogP contribution in [0.2, 0.25) is 0 Å². The lowest BCUT2D eigenvalue weighted by atomic mass is 9.40. The van der Waals surface area contributed by atoms with Gasteiger partial charge in [-0.2, -0.15) is 0 Å². The molecule has 23 heavy (non-hydrogen) atoms. The van der Waals surface area contributed by atoms with E-state index in [1.807, 2.05) is 0 Å². The van der Waals surface area contributed by atoms with Crippen LogP contribution in [0.4, 0.5) is 0 Å². The van der Waals surface area contributed by atoms with E-state index in [1.165, 1.54) is 19.3 Å². The smallest absolute Gasteiger partial charge is 0.312 e. The first-order valence-electron chi connectivity index (χ1n) is 9.28. The molecule has 0 saturated heterocycles. The number of rotatable bonds is 1. The summed E-state index contributed by atoms with van der Waals surface area (Å²) in [6.45, 7) is 6.53. The molecule has 4 rings (SSSR count). The highest BCUT2D eigenvalue weighted by atomic mass is 16.4. The van der Waals surface area contributed by atoms with Crippen molar-refractivity contribution in [3.05, 3.63) is 12.2 Å². The average molecular weight is 318 g/mol. The number of fused-ring (bicyclic) bond motifs is 3. The highest BCUT2D eigenvalue weighted by molar-refractivity contribution is 5.76. The molecule has 3 heteroatoms. The van der Waals surface area contributed by atoms with Gasteiger partial charge in [0.15, 0.2) is 0 Å². The molecule has 3 nitrogen and oxygen atoms in total. The van der Waals surface area contributed by atoms with Crippen molar-refractivity contribution in [2.24, 2.45) is 33.5 Å². The Kier molecular flexibility index (Phi) is 3.01. The van der Waals surface area contributed by atoms with Crippen LogP contribution in [-0.2, 0) is 4.79 Å². The molecule has 4 aliphatic carbocycles. The second-order valence-electron chi connectivity index (χ2n) is 9.73. The van der Waals surface area contributed by atoms with E-state index in [0.29, 0.717) is 23.2 Å². The van der Waals surface area contributed by atoms with Crippen LogP contribution in [0.5, 0.6) is 0 Å². The molecule has 0 heterocycles. The first-order chi connectivity index (χ1) is 10.7. The Bertz CT molecular complexity index is 583. The summed E-state index contributed by atoms with van der Waals surface area (Å²) in [5.74, 6) is -0.142. The summed E-state index contributed by atoms with van der Waals surface area (Å²) in [6, 6.07) is 0. The van der Waals surface area contributed by atoms with E-state index in [4.69, 9.17) is 0 Å². The van der Waals surface area contributed by atoms with Gasteiger partial charge < -0.3 is 10.2 Å². The van der Waals surface area contributed by atoms with Crippen LogP contribution >= 0.6 is 0 Å². The summed E-state index contributed by atoms with van der Waals surface area (Å²) >= 11 is 0. The van der Waals surface area contributed by atoms with E-state index in [0.717, 1.165) is 19.3 Å². The monoisotopic (exact) mass is 318 g/mol. The Morgan fingerprint density at radius 3 is 2.39 bits per heavy atom. The van der Waals surface area contributed by atoms with Gasteiger partial charge in [-0.1, -0.05) is 26.0 Å². The van der Waals surface area contributed by atoms with Gasteiger partial charge in [0.05, 0.1) is 11.5 Å². The highest BCUT2D eigenvalue weighted by Crippen LogP contribution is 2.71. The largest absolute Gasteiger partial charge is 0.481 e. The van der Waals surface area contributed by atoms with Crippen LogP contribution in [0.25, 0.3) is 0 Å². The van der Waals surface area contributed by atoms with E-state index in [9.17, 15) is 15.0 Å². The number of carboxylic acids is 1. The quantitative estimate of drug-likeness (QED) is 0.718. The molecule has 0 aromatic carbocycles. The number of hydrogen-bond donors (Lipinski definition) is 2. The number of carbonyl (C=O) groups is 1. The molecule has 0 radical (unpaired) electrons. The minimum absolute atomic E-state index is 0.0423. The number of allylic oxidation sites excluding steroid dienone is 2. The molecule has 1 spiro atoms. The van der Waals surface area contributed by atoms with Crippen molar-refractivity contribution in [2.75, 3.05) is 0 Å². The Morgan fingerprint density at radius 1 is 1.00 bits per heavy atom. The van der Waals surface area contributed by atoms with Gasteiger partial charge in [0.25, 0.3) is 0 Å². The molecule has 4 aliphatic rings. The van der Waals surface area contributed by atoms with E-state index >= 15 is 0 Å². The molecule has 7 atom stereocenters. The maximum Gasteiger partial charge on any atom is 0.312 e. The van der Waals surface area contributed by atoms with Gasteiger partial charge in [-0.3, -0.25) is 4.79 Å². The lowest BCUT2D eigenvalue weighted by Crippen LogP contribution is -2.62. The lowest BCUT2D eigenvalue weighted by molar-refractivity contribution is -0.202. The first-order valence-corrected chi connectivity index (χ1v) is 9.28. The molecule has 0 aromatic heterocycles. The fourth-order valence-corrected chi connectivity index (χ4v) is 7.33. The van der Waals surface area contributed by atoms with Gasteiger partial charge in [0, 0.05) is 0 Å². The Hall–Kier alpha value is -0.830. The Labute approximate surface area is 139 Å². The van der Waals surface area contributed by atoms with E-state index in [-0.39, 0.29) is 11.3 Å². The van der Waals surface area contributed by atoms with Crippen LogP contribution in [0.3, 0.4) is 0 Å². The summed E-state index contributed by atoms with van der Waals surface area (Å²) in [7, 11) is 0. The molecule has 3 fully saturated rings. The van der Waals surface area contributed by atoms with Crippen LogP contribution in [0.1, 0.15) is 65.7 Å². The molecule has 0 amide bonds. The van der Waals surface area contributed by atoms with Crippen molar-refractivity contribution in [3.63, 3.8) is 0 Å². The van der Waals surface area contributed by atoms with E-state index in [2.05, 4.69) is 26.0 Å². The zero-order chi connectivity index (χ0) is 16.7. The second-order valence-corrected chi connectivity index (χ2v) is 9.73. The van der Waals surface area contributed by atoms with E-state index in [1.54, 1.807) is 6.92 Å². The van der Waals surface area contributed by atoms with Crippen LogP contribution in [0.15, 0.2) is 12.2 Å². The fraction of sp³-hybridized carbons (Fsp3) is 0.850. The normalized spacial score (nSPS) is 57.7. The van der Waals surface area contributed by atoms with Crippen molar-refractivity contribution < 1.29 is 15.0 Å². The fourth-order valence-electron chi connectivity index (χ4n) is 7.33. The molecular weight excluding hydrogens is 288 g/mol. The topological polar surface area (TPSA) is 57.5 Å². The van der Waals surface area contributed by atoms with Crippen molar-refractivity contribution in [2.45, 2.75) is 71.8 Å². The maximum atomic E-state index is 12.1. The number of aliphatic hydroxyl groups excluding tert-OH is 1. The van der Waals surface area contributed by atoms with Crippen molar-refractivity contribution in [1.82, 2.24) is 0 Å². The average Bonchev–Trinajstić information content (AvgIpc) is 2.73. The molecule has 0 unspecified atom stereocenters. The third kappa shape index (κ3) is 1.78. The van der Waals surface area contributed by atoms with Crippen LogP contribution in [-0.4, -0.2) is 22.3 Å². The zero-order valence-electron chi connectivity index (χ0n) is 14.6. The van der Waals surface area contributed by atoms with Crippen molar-refractivity contribution >= 4 is 5.97 Å². The minimum Gasteiger partial charge on any atom is -0.481 e. The van der Waals surface area contributed by atoms with Crippen LogP contribution in [0, 0.1) is 33.5 Å².